The normalized spacial score (nSPS) is 52.0. The zero-order chi connectivity index (χ0) is 33.7. The summed E-state index contributed by atoms with van der Waals surface area (Å²) in [4.78, 5) is 12.2. The first-order valence-electron chi connectivity index (χ1n) is 19.9. The molecule has 2 saturated heterocycles. The summed E-state index contributed by atoms with van der Waals surface area (Å²) in [5, 5.41) is 24.1. The molecule has 1 spiro atoms. The number of nitrogens with two attached hydrogens (primary N) is 2. The highest BCUT2D eigenvalue weighted by Gasteiger charge is 2.65. The van der Waals surface area contributed by atoms with Gasteiger partial charge in [-0.3, -0.25) is 10.5 Å². The van der Waals surface area contributed by atoms with Gasteiger partial charge in [0.15, 0.2) is 0 Å². The largest absolute Gasteiger partial charge is 0.465 e. The average molecular weight is 676 g/mol. The van der Waals surface area contributed by atoms with Crippen LogP contribution in [0.25, 0.3) is 0 Å². The van der Waals surface area contributed by atoms with Crippen LogP contribution in [0.15, 0.2) is 0 Å². The maximum Gasteiger partial charge on any atom is 0.302 e. The highest BCUT2D eigenvalue weighted by Crippen LogP contribution is 2.68. The summed E-state index contributed by atoms with van der Waals surface area (Å²) in [5.41, 5.74) is 6.70. The lowest BCUT2D eigenvalue weighted by Crippen LogP contribution is -2.97. The molecule has 2 aliphatic heterocycles. The second-order valence-corrected chi connectivity index (χ2v) is 17.8. The second kappa shape index (κ2) is 14.7. The minimum Gasteiger partial charge on any atom is -0.465 e. The van der Waals surface area contributed by atoms with Crippen LogP contribution in [0.1, 0.15) is 104 Å². The Morgan fingerprint density at radius 3 is 2.46 bits per heavy atom. The smallest absolute Gasteiger partial charge is 0.302 e. The van der Waals surface area contributed by atoms with E-state index in [1.807, 2.05) is 7.11 Å². The molecular formula is C39H67N2O7+. The van der Waals surface area contributed by atoms with Gasteiger partial charge in [-0.1, -0.05) is 6.92 Å². The molecule has 48 heavy (non-hydrogen) atoms. The third-order valence-electron chi connectivity index (χ3n) is 15.5. The number of piperidine rings is 1. The van der Waals surface area contributed by atoms with E-state index in [0.717, 1.165) is 56.9 Å². The van der Waals surface area contributed by atoms with Crippen LogP contribution >= 0.6 is 0 Å². The van der Waals surface area contributed by atoms with Gasteiger partial charge in [-0.05, 0) is 137 Å². The van der Waals surface area contributed by atoms with Gasteiger partial charge in [0.2, 0.25) is 0 Å². The second-order valence-electron chi connectivity index (χ2n) is 17.8. The molecule has 9 heteroatoms. The summed E-state index contributed by atoms with van der Waals surface area (Å²) in [6.45, 7) is 5.40. The zero-order valence-corrected chi connectivity index (χ0v) is 30.2. The van der Waals surface area contributed by atoms with Crippen LogP contribution in [0, 0.1) is 64.6 Å². The Hall–Kier alpha value is -0.810. The minimum atomic E-state index is -0.432. The van der Waals surface area contributed by atoms with E-state index in [0.29, 0.717) is 42.1 Å². The van der Waals surface area contributed by atoms with E-state index in [2.05, 4.69) is 12.2 Å². The van der Waals surface area contributed by atoms with Crippen molar-refractivity contribution in [3.8, 4) is 0 Å². The molecule has 7 aliphatic rings. The fourth-order valence-corrected chi connectivity index (χ4v) is 13.6. The van der Waals surface area contributed by atoms with Gasteiger partial charge in [0, 0.05) is 38.9 Å². The first-order chi connectivity index (χ1) is 23.1. The van der Waals surface area contributed by atoms with Gasteiger partial charge in [-0.15, -0.1) is 0 Å². The maximum absolute atomic E-state index is 12.2. The molecule has 18 atom stereocenters. The number of aliphatic hydroxyl groups is 2. The van der Waals surface area contributed by atoms with Crippen LogP contribution in [-0.2, 0) is 23.7 Å². The number of esters is 1. The van der Waals surface area contributed by atoms with Crippen molar-refractivity contribution in [3.05, 3.63) is 0 Å². The van der Waals surface area contributed by atoms with Crippen molar-refractivity contribution in [1.82, 2.24) is 0 Å². The van der Waals surface area contributed by atoms with E-state index >= 15 is 0 Å². The summed E-state index contributed by atoms with van der Waals surface area (Å²) in [5.74, 6) is 4.64. The lowest BCUT2D eigenvalue weighted by Gasteiger charge is -2.61. The molecular weight excluding hydrogens is 608 g/mol. The van der Waals surface area contributed by atoms with Crippen molar-refractivity contribution in [1.29, 1.82) is 0 Å². The van der Waals surface area contributed by atoms with Gasteiger partial charge in [0.1, 0.15) is 6.17 Å². The van der Waals surface area contributed by atoms with Gasteiger partial charge in [0.25, 0.3) is 0 Å². The molecule has 7 rings (SSSR count). The lowest BCUT2D eigenvalue weighted by molar-refractivity contribution is -0.710. The van der Waals surface area contributed by atoms with Gasteiger partial charge in [-0.2, -0.15) is 0 Å². The molecule has 0 aromatic carbocycles. The predicted octanol–water partition coefficient (Wildman–Crippen LogP) is 3.63. The predicted molar refractivity (Wildman–Crippen MR) is 181 cm³/mol. The van der Waals surface area contributed by atoms with E-state index in [-0.39, 0.29) is 59.9 Å². The summed E-state index contributed by atoms with van der Waals surface area (Å²) in [6.07, 6.45) is 14.7. The number of quaternary nitrogens is 1. The fourth-order valence-electron chi connectivity index (χ4n) is 13.6. The molecule has 0 aromatic rings. The SMILES string of the molecule is CCC1CC(CC2CCC3(C2)CC2CC(O)CC(OC)C2C2CCC4C(COC(C)=O)C(C5CCC(O)C(OC)C5)OC4C23)C[NH2+]C1N. The molecule has 0 radical (unpaired) electrons. The molecule has 18 unspecified atom stereocenters. The molecule has 6 N–H and O–H groups in total. The van der Waals surface area contributed by atoms with Crippen molar-refractivity contribution < 1.29 is 39.3 Å². The van der Waals surface area contributed by atoms with Crippen LogP contribution in [0.5, 0.6) is 0 Å². The van der Waals surface area contributed by atoms with E-state index in [4.69, 9.17) is 24.7 Å². The van der Waals surface area contributed by atoms with Crippen molar-refractivity contribution >= 4 is 5.97 Å². The van der Waals surface area contributed by atoms with Gasteiger partial charge < -0.3 is 34.5 Å². The Balaban J connectivity index is 1.18. The standard InChI is InChI=1S/C39H66N2O7/c1-5-24-13-23(19-41-38(24)40)12-22-10-11-39(17-22)18-26-14-27(43)16-33(46-4)34(26)29-8-7-28-30(20-47-21(2)42)36(48-37(28)35(29)39)25-6-9-31(44)32(15-25)45-3/h22-38,41,43-44H,5-20,40H2,1-4H3/p+1. The first kappa shape index (κ1) is 35.6. The number of fused-ring (bicyclic) bond motifs is 6. The van der Waals surface area contributed by atoms with Crippen molar-refractivity contribution in [3.63, 3.8) is 0 Å². The number of hydrogen-bond donors (Lipinski definition) is 4. The van der Waals surface area contributed by atoms with Crippen molar-refractivity contribution in [2.24, 2.45) is 70.3 Å². The highest BCUT2D eigenvalue weighted by atomic mass is 16.5. The molecule has 274 valence electrons. The highest BCUT2D eigenvalue weighted by molar-refractivity contribution is 5.65. The third-order valence-corrected chi connectivity index (χ3v) is 15.5. The fraction of sp³-hybridized carbons (Fsp3) is 0.974. The molecule has 9 nitrogen and oxygen atoms in total. The van der Waals surface area contributed by atoms with E-state index < -0.39 is 6.10 Å². The number of rotatable bonds is 8. The summed E-state index contributed by atoms with van der Waals surface area (Å²) < 4.78 is 25.3. The molecule has 0 amide bonds. The third kappa shape index (κ3) is 6.65. The number of carbonyl (C=O) groups is 1. The first-order valence-corrected chi connectivity index (χ1v) is 19.9. The summed E-state index contributed by atoms with van der Waals surface area (Å²) >= 11 is 0. The van der Waals surface area contributed by atoms with Crippen molar-refractivity contribution in [2.45, 2.75) is 147 Å². The van der Waals surface area contributed by atoms with E-state index in [9.17, 15) is 15.0 Å². The minimum absolute atomic E-state index is 0.00888. The van der Waals surface area contributed by atoms with Crippen molar-refractivity contribution in [2.75, 3.05) is 27.4 Å². The maximum atomic E-state index is 12.2. The van der Waals surface area contributed by atoms with Crippen LogP contribution in [0.4, 0.5) is 0 Å². The van der Waals surface area contributed by atoms with E-state index in [1.165, 1.54) is 58.3 Å². The van der Waals surface area contributed by atoms with Gasteiger partial charge in [0.05, 0.1) is 49.8 Å². The van der Waals surface area contributed by atoms with Crippen LogP contribution in [0.2, 0.25) is 0 Å². The number of ether oxygens (including phenoxy) is 4. The quantitative estimate of drug-likeness (QED) is 0.287. The number of methoxy groups -OCH3 is 2. The Morgan fingerprint density at radius 2 is 1.71 bits per heavy atom. The Kier molecular flexibility index (Phi) is 10.9. The Bertz CT molecular complexity index is 1110. The molecule has 5 aliphatic carbocycles. The monoisotopic (exact) mass is 675 g/mol. The molecule has 7 fully saturated rings. The van der Waals surface area contributed by atoms with E-state index in [1.54, 1.807) is 7.11 Å². The molecule has 0 aromatic heterocycles. The number of carbonyl (C=O) groups excluding carboxylic acids is 1. The summed E-state index contributed by atoms with van der Waals surface area (Å²) in [6, 6.07) is 0. The van der Waals surface area contributed by atoms with Crippen LogP contribution in [0.3, 0.4) is 0 Å². The Labute approximate surface area is 289 Å². The summed E-state index contributed by atoms with van der Waals surface area (Å²) in [7, 11) is 3.56. The van der Waals surface area contributed by atoms with Crippen LogP contribution in [-0.4, -0.2) is 86.3 Å². The van der Waals surface area contributed by atoms with Gasteiger partial charge in [-0.25, -0.2) is 0 Å². The van der Waals surface area contributed by atoms with Gasteiger partial charge >= 0.3 is 5.97 Å². The van der Waals surface area contributed by atoms with Crippen LogP contribution < -0.4 is 11.1 Å². The zero-order valence-electron chi connectivity index (χ0n) is 30.2. The topological polar surface area (TPSA) is 137 Å². The molecule has 0 bridgehead atoms. The molecule has 5 saturated carbocycles. The molecule has 2 heterocycles. The number of aliphatic hydroxyl groups excluding tert-OH is 2. The number of hydrogen-bond acceptors (Lipinski definition) is 8. The average Bonchev–Trinajstić information content (AvgIpc) is 3.65. The lowest BCUT2D eigenvalue weighted by atomic mass is 9.45. The Morgan fingerprint density at radius 1 is 0.917 bits per heavy atom.